The van der Waals surface area contributed by atoms with Crippen molar-refractivity contribution in [3.8, 4) is 6.07 Å². The first-order chi connectivity index (χ1) is 10.7. The maximum Gasteiger partial charge on any atom is 0.417 e. The van der Waals surface area contributed by atoms with Gasteiger partial charge in [-0.2, -0.15) is 18.4 Å². The van der Waals surface area contributed by atoms with Gasteiger partial charge in [0.25, 0.3) is 0 Å². The van der Waals surface area contributed by atoms with E-state index in [0.717, 1.165) is 32.9 Å². The molecule has 24 heavy (non-hydrogen) atoms. The molecule has 0 bridgehead atoms. The molecule has 1 aromatic carbocycles. The molecule has 0 aromatic heterocycles. The molecule has 0 fully saturated rings. The van der Waals surface area contributed by atoms with Crippen molar-refractivity contribution in [2.45, 2.75) is 37.1 Å². The molecule has 0 aliphatic rings. The minimum Gasteiger partial charge on any atom is -0.375 e. The van der Waals surface area contributed by atoms with Crippen molar-refractivity contribution in [1.82, 2.24) is 0 Å². The Bertz CT molecular complexity index is 790. The minimum atomic E-state index is -4.81. The van der Waals surface area contributed by atoms with Crippen LogP contribution >= 0.6 is 0 Å². The zero-order valence-electron chi connectivity index (χ0n) is 13.0. The van der Waals surface area contributed by atoms with Gasteiger partial charge in [0.1, 0.15) is 5.25 Å². The highest BCUT2D eigenvalue weighted by atomic mass is 32.2. The van der Waals surface area contributed by atoms with Gasteiger partial charge in [-0.15, -0.1) is 0 Å². The molecule has 0 aliphatic heterocycles. The molecule has 0 saturated heterocycles. The maximum atomic E-state index is 12.9. The van der Waals surface area contributed by atoms with Crippen LogP contribution in [0.4, 0.5) is 18.9 Å². The SMILES string of the molecule is CC(C(=O)Nc1ccc(C#N)c(C(F)(F)F)c1)S(=O)(=O)C(C)(C)O. The molecular formula is C14H15F3N2O4S. The highest BCUT2D eigenvalue weighted by Crippen LogP contribution is 2.33. The Morgan fingerprint density at radius 3 is 2.29 bits per heavy atom. The molecule has 1 amide bonds. The largest absolute Gasteiger partial charge is 0.417 e. The first-order valence-corrected chi connectivity index (χ1v) is 8.14. The fraction of sp³-hybridized carbons (Fsp3) is 0.429. The normalized spacial score (nSPS) is 13.9. The summed E-state index contributed by atoms with van der Waals surface area (Å²) in [5.41, 5.74) is -2.19. The number of aliphatic hydroxyl groups is 1. The summed E-state index contributed by atoms with van der Waals surface area (Å²) in [6.45, 7) is 2.97. The van der Waals surface area contributed by atoms with E-state index in [1.165, 1.54) is 6.07 Å². The smallest absolute Gasteiger partial charge is 0.375 e. The number of anilines is 1. The van der Waals surface area contributed by atoms with E-state index in [-0.39, 0.29) is 5.69 Å². The van der Waals surface area contributed by atoms with Gasteiger partial charge in [-0.3, -0.25) is 4.79 Å². The average molecular weight is 364 g/mol. The third kappa shape index (κ3) is 4.04. The highest BCUT2D eigenvalue weighted by Gasteiger charge is 2.40. The van der Waals surface area contributed by atoms with E-state index >= 15 is 0 Å². The summed E-state index contributed by atoms with van der Waals surface area (Å²) in [6.07, 6.45) is -4.81. The van der Waals surface area contributed by atoms with Gasteiger partial charge < -0.3 is 10.4 Å². The second kappa shape index (κ2) is 6.41. The summed E-state index contributed by atoms with van der Waals surface area (Å²) in [7, 11) is -4.28. The molecule has 1 rings (SSSR count). The van der Waals surface area contributed by atoms with Crippen LogP contribution in [0.5, 0.6) is 0 Å². The predicted octanol–water partition coefficient (Wildman–Crippen LogP) is 2.05. The summed E-state index contributed by atoms with van der Waals surface area (Å²) in [6, 6.07) is 3.85. The van der Waals surface area contributed by atoms with Crippen LogP contribution in [0, 0.1) is 11.3 Å². The molecule has 0 heterocycles. The third-order valence-electron chi connectivity index (χ3n) is 3.24. The molecular weight excluding hydrogens is 349 g/mol. The molecule has 6 nitrogen and oxygen atoms in total. The van der Waals surface area contributed by atoms with Crippen LogP contribution in [-0.2, 0) is 20.8 Å². The van der Waals surface area contributed by atoms with Crippen LogP contribution in [0.1, 0.15) is 31.9 Å². The number of nitriles is 1. The lowest BCUT2D eigenvalue weighted by molar-refractivity contribution is -0.137. The summed E-state index contributed by atoms with van der Waals surface area (Å²) in [5, 5.41) is 18.6. The Morgan fingerprint density at radius 2 is 1.88 bits per heavy atom. The number of amides is 1. The van der Waals surface area contributed by atoms with Crippen molar-refractivity contribution in [3.63, 3.8) is 0 Å². The number of carbonyl (C=O) groups is 1. The Balaban J connectivity index is 3.15. The van der Waals surface area contributed by atoms with E-state index < -0.39 is 43.2 Å². The molecule has 0 radical (unpaired) electrons. The molecule has 2 N–H and O–H groups in total. The Labute approximate surface area is 136 Å². The van der Waals surface area contributed by atoms with Crippen LogP contribution in [0.3, 0.4) is 0 Å². The number of nitrogens with one attached hydrogen (secondary N) is 1. The second-order valence-electron chi connectivity index (χ2n) is 5.49. The van der Waals surface area contributed by atoms with E-state index in [1.54, 1.807) is 0 Å². The van der Waals surface area contributed by atoms with E-state index in [9.17, 15) is 31.5 Å². The van der Waals surface area contributed by atoms with Crippen LogP contribution in [0.25, 0.3) is 0 Å². The third-order valence-corrected chi connectivity index (χ3v) is 5.78. The number of alkyl halides is 3. The summed E-state index contributed by atoms with van der Waals surface area (Å²) in [4.78, 5) is 9.78. The molecule has 132 valence electrons. The van der Waals surface area contributed by atoms with Crippen molar-refractivity contribution in [2.75, 3.05) is 5.32 Å². The summed E-state index contributed by atoms with van der Waals surface area (Å²) < 4.78 is 62.5. The number of rotatable bonds is 4. The topological polar surface area (TPSA) is 107 Å². The number of benzene rings is 1. The molecule has 0 saturated carbocycles. The van der Waals surface area contributed by atoms with E-state index in [0.29, 0.717) is 6.07 Å². The van der Waals surface area contributed by atoms with Crippen LogP contribution in [0.2, 0.25) is 0 Å². The fourth-order valence-electron chi connectivity index (χ4n) is 1.77. The lowest BCUT2D eigenvalue weighted by atomic mass is 10.1. The van der Waals surface area contributed by atoms with Gasteiger partial charge in [-0.05, 0) is 39.0 Å². The molecule has 1 atom stereocenters. The molecule has 10 heteroatoms. The quantitative estimate of drug-likeness (QED) is 0.850. The molecule has 0 spiro atoms. The first kappa shape index (κ1) is 19.9. The predicted molar refractivity (Wildman–Crippen MR) is 79.5 cm³/mol. The average Bonchev–Trinajstić information content (AvgIpc) is 2.44. The van der Waals surface area contributed by atoms with Gasteiger partial charge in [0, 0.05) is 5.69 Å². The van der Waals surface area contributed by atoms with Crippen molar-refractivity contribution in [1.29, 1.82) is 5.26 Å². The van der Waals surface area contributed by atoms with Gasteiger partial charge in [0.2, 0.25) is 5.91 Å². The lowest BCUT2D eigenvalue weighted by Gasteiger charge is -2.22. The molecule has 1 aromatic rings. The highest BCUT2D eigenvalue weighted by molar-refractivity contribution is 7.93. The zero-order valence-corrected chi connectivity index (χ0v) is 13.8. The van der Waals surface area contributed by atoms with Gasteiger partial charge in [-0.25, -0.2) is 8.42 Å². The van der Waals surface area contributed by atoms with Crippen LogP contribution in [-0.4, -0.2) is 29.6 Å². The second-order valence-corrected chi connectivity index (χ2v) is 8.29. The Morgan fingerprint density at radius 1 is 1.33 bits per heavy atom. The number of sulfone groups is 1. The number of nitrogens with zero attached hydrogens (tertiary/aromatic N) is 1. The van der Waals surface area contributed by atoms with E-state index in [1.807, 2.05) is 5.32 Å². The van der Waals surface area contributed by atoms with Gasteiger partial charge in [0.05, 0.1) is 17.2 Å². The van der Waals surface area contributed by atoms with Crippen molar-refractivity contribution in [2.24, 2.45) is 0 Å². The Kier molecular flexibility index (Phi) is 5.32. The zero-order chi connectivity index (χ0) is 18.9. The summed E-state index contributed by atoms with van der Waals surface area (Å²) in [5.74, 6) is -1.10. The number of halogens is 3. The van der Waals surface area contributed by atoms with Crippen LogP contribution in [0.15, 0.2) is 18.2 Å². The monoisotopic (exact) mass is 364 g/mol. The molecule has 0 aliphatic carbocycles. The standard InChI is InChI=1S/C14H15F3N2O4S/c1-8(24(22,23)13(2,3)21)12(20)19-10-5-4-9(7-18)11(6-10)14(15,16)17/h4-6,8,21H,1-3H3,(H,19,20). The van der Waals surface area contributed by atoms with Crippen molar-refractivity contribution < 1.29 is 31.5 Å². The van der Waals surface area contributed by atoms with E-state index in [4.69, 9.17) is 5.26 Å². The number of hydrogen-bond acceptors (Lipinski definition) is 5. The number of carbonyl (C=O) groups excluding carboxylic acids is 1. The van der Waals surface area contributed by atoms with Gasteiger partial charge >= 0.3 is 6.18 Å². The minimum absolute atomic E-state index is 0.316. The van der Waals surface area contributed by atoms with Gasteiger partial charge in [0.15, 0.2) is 14.8 Å². The number of hydrogen-bond donors (Lipinski definition) is 2. The van der Waals surface area contributed by atoms with Crippen molar-refractivity contribution in [3.05, 3.63) is 29.3 Å². The summed E-state index contributed by atoms with van der Waals surface area (Å²) >= 11 is 0. The van der Waals surface area contributed by atoms with Crippen molar-refractivity contribution >= 4 is 21.4 Å². The fourth-order valence-corrected chi connectivity index (χ4v) is 2.98. The first-order valence-electron chi connectivity index (χ1n) is 6.60. The lowest BCUT2D eigenvalue weighted by Crippen LogP contribution is -2.44. The van der Waals surface area contributed by atoms with Gasteiger partial charge in [-0.1, -0.05) is 0 Å². The molecule has 1 unspecified atom stereocenters. The Hall–Kier alpha value is -2.12. The maximum absolute atomic E-state index is 12.9. The van der Waals surface area contributed by atoms with Crippen LogP contribution < -0.4 is 5.32 Å². The van der Waals surface area contributed by atoms with E-state index in [2.05, 4.69) is 0 Å².